The number of nitrogens with one attached hydrogen (secondary N) is 2. The molecule has 168 valence electrons. The highest BCUT2D eigenvalue weighted by atomic mass is 127. The van der Waals surface area contributed by atoms with Crippen LogP contribution in [0, 0.1) is 0 Å². The third kappa shape index (κ3) is 7.16. The second-order valence-corrected chi connectivity index (χ2v) is 9.95. The summed E-state index contributed by atoms with van der Waals surface area (Å²) >= 11 is 5.94. The summed E-state index contributed by atoms with van der Waals surface area (Å²) in [5.74, 6) is 0.763. The van der Waals surface area contributed by atoms with Crippen LogP contribution in [-0.2, 0) is 14.6 Å². The molecule has 0 bridgehead atoms. The molecule has 30 heavy (non-hydrogen) atoms. The summed E-state index contributed by atoms with van der Waals surface area (Å²) in [6.45, 7) is 5.41. The maximum absolute atomic E-state index is 12.6. The van der Waals surface area contributed by atoms with Gasteiger partial charge in [0.05, 0.1) is 11.5 Å². The van der Waals surface area contributed by atoms with Crippen LogP contribution in [0.3, 0.4) is 0 Å². The number of guanidine groups is 1. The molecular weight excluding hydrogens is 541 g/mol. The molecule has 2 aliphatic rings. The first-order valence-electron chi connectivity index (χ1n) is 9.90. The average molecular weight is 570 g/mol. The third-order valence-corrected chi connectivity index (χ3v) is 7.13. The van der Waals surface area contributed by atoms with Gasteiger partial charge >= 0.3 is 0 Å². The van der Waals surface area contributed by atoms with Gasteiger partial charge in [-0.15, -0.1) is 24.0 Å². The lowest BCUT2D eigenvalue weighted by atomic mass is 10.2. The molecule has 2 N–H and O–H groups in total. The number of aliphatic imine (C=N–C) groups is 1. The van der Waals surface area contributed by atoms with E-state index in [1.807, 2.05) is 36.1 Å². The molecule has 8 nitrogen and oxygen atoms in total. The fraction of sp³-hybridized carbons (Fsp3) is 0.579. The minimum atomic E-state index is -2.97. The Kier molecular flexibility index (Phi) is 9.48. The number of piperazine rings is 1. The van der Waals surface area contributed by atoms with Crippen LogP contribution in [0.4, 0.5) is 5.69 Å². The van der Waals surface area contributed by atoms with Crippen molar-refractivity contribution in [2.45, 2.75) is 19.4 Å². The van der Waals surface area contributed by atoms with Gasteiger partial charge in [0.1, 0.15) is 6.54 Å². The standard InChI is InChI=1S/C19H28ClN5O3S.HI/c1-2-21-19(23-16-7-12-29(27,28)14-16)22-13-18(26)25-10-8-24(9-11-25)17-5-3-15(20)4-6-17;/h3-6,16H,2,7-14H2,1H3,(H2,21,22,23);1H. The summed E-state index contributed by atoms with van der Waals surface area (Å²) in [5, 5.41) is 6.93. The Hall–Kier alpha value is -1.27. The number of hydrogen-bond donors (Lipinski definition) is 2. The van der Waals surface area contributed by atoms with Crippen molar-refractivity contribution in [1.82, 2.24) is 15.5 Å². The van der Waals surface area contributed by atoms with Crippen molar-refractivity contribution in [3.63, 3.8) is 0 Å². The fourth-order valence-corrected chi connectivity index (χ4v) is 5.33. The summed E-state index contributed by atoms with van der Waals surface area (Å²) in [7, 11) is -2.97. The number of halogens is 2. The van der Waals surface area contributed by atoms with Crippen molar-refractivity contribution in [3.05, 3.63) is 29.3 Å². The number of hydrogen-bond acceptors (Lipinski definition) is 5. The zero-order valence-electron chi connectivity index (χ0n) is 17.0. The Labute approximate surface area is 200 Å². The lowest BCUT2D eigenvalue weighted by molar-refractivity contribution is -0.129. The monoisotopic (exact) mass is 569 g/mol. The van der Waals surface area contributed by atoms with Crippen LogP contribution < -0.4 is 15.5 Å². The molecule has 0 aliphatic carbocycles. The molecule has 2 aliphatic heterocycles. The SMILES string of the molecule is CCNC(=NCC(=O)N1CCN(c2ccc(Cl)cc2)CC1)NC1CCS(=O)(=O)C1.I. The third-order valence-electron chi connectivity index (χ3n) is 5.11. The van der Waals surface area contributed by atoms with Crippen molar-refractivity contribution in [2.24, 2.45) is 4.99 Å². The van der Waals surface area contributed by atoms with E-state index in [1.54, 1.807) is 0 Å². The van der Waals surface area contributed by atoms with Gasteiger partial charge in [0.2, 0.25) is 5.91 Å². The largest absolute Gasteiger partial charge is 0.368 e. The van der Waals surface area contributed by atoms with Crippen molar-refractivity contribution in [2.75, 3.05) is 55.7 Å². The lowest BCUT2D eigenvalue weighted by Crippen LogP contribution is -2.50. The van der Waals surface area contributed by atoms with E-state index in [-0.39, 0.29) is 54.0 Å². The Morgan fingerprint density at radius 2 is 1.87 bits per heavy atom. The van der Waals surface area contributed by atoms with Gasteiger partial charge in [-0.1, -0.05) is 11.6 Å². The number of rotatable bonds is 5. The normalized spacial score (nSPS) is 21.1. The number of carbonyl (C=O) groups is 1. The maximum atomic E-state index is 12.6. The van der Waals surface area contributed by atoms with Crippen LogP contribution in [0.5, 0.6) is 0 Å². The summed E-state index contributed by atoms with van der Waals surface area (Å²) in [5.41, 5.74) is 1.10. The highest BCUT2D eigenvalue weighted by Crippen LogP contribution is 2.19. The molecule has 2 heterocycles. The first-order chi connectivity index (χ1) is 13.9. The van der Waals surface area contributed by atoms with Crippen LogP contribution in [0.1, 0.15) is 13.3 Å². The predicted octanol–water partition coefficient (Wildman–Crippen LogP) is 1.35. The molecule has 2 fully saturated rings. The molecular formula is C19H29ClIN5O3S. The molecule has 1 atom stereocenters. The smallest absolute Gasteiger partial charge is 0.244 e. The van der Waals surface area contributed by atoms with Gasteiger partial charge in [-0.3, -0.25) is 4.79 Å². The van der Waals surface area contributed by atoms with Crippen LogP contribution in [0.25, 0.3) is 0 Å². The highest BCUT2D eigenvalue weighted by molar-refractivity contribution is 14.0. The van der Waals surface area contributed by atoms with E-state index in [0.717, 1.165) is 18.8 Å². The number of anilines is 1. The van der Waals surface area contributed by atoms with Crippen LogP contribution >= 0.6 is 35.6 Å². The molecule has 0 aromatic heterocycles. The van der Waals surface area contributed by atoms with Gasteiger partial charge < -0.3 is 20.4 Å². The van der Waals surface area contributed by atoms with E-state index in [1.165, 1.54) is 0 Å². The van der Waals surface area contributed by atoms with E-state index in [4.69, 9.17) is 11.6 Å². The van der Waals surface area contributed by atoms with Gasteiger partial charge in [0, 0.05) is 49.5 Å². The predicted molar refractivity (Wildman–Crippen MR) is 132 cm³/mol. The van der Waals surface area contributed by atoms with Gasteiger partial charge in [0.15, 0.2) is 15.8 Å². The van der Waals surface area contributed by atoms with Gasteiger partial charge in [-0.05, 0) is 37.6 Å². The summed E-state index contributed by atoms with van der Waals surface area (Å²) in [4.78, 5) is 21.0. The summed E-state index contributed by atoms with van der Waals surface area (Å²) in [6.07, 6.45) is 0.563. The summed E-state index contributed by atoms with van der Waals surface area (Å²) in [6, 6.07) is 7.56. The van der Waals surface area contributed by atoms with Gasteiger partial charge in [-0.25, -0.2) is 13.4 Å². The molecule has 3 rings (SSSR count). The van der Waals surface area contributed by atoms with E-state index in [0.29, 0.717) is 37.0 Å². The maximum Gasteiger partial charge on any atom is 0.244 e. The molecule has 0 radical (unpaired) electrons. The second-order valence-electron chi connectivity index (χ2n) is 7.28. The molecule has 1 unspecified atom stereocenters. The van der Waals surface area contributed by atoms with Crippen molar-refractivity contribution in [3.8, 4) is 0 Å². The van der Waals surface area contributed by atoms with Crippen LogP contribution in [-0.4, -0.2) is 82.0 Å². The van der Waals surface area contributed by atoms with Crippen LogP contribution in [0.2, 0.25) is 5.02 Å². The Morgan fingerprint density at radius 3 is 2.43 bits per heavy atom. The molecule has 1 aromatic rings. The molecule has 0 spiro atoms. The number of carbonyl (C=O) groups excluding carboxylic acids is 1. The lowest BCUT2D eigenvalue weighted by Gasteiger charge is -2.36. The Morgan fingerprint density at radius 1 is 1.20 bits per heavy atom. The van der Waals surface area contributed by atoms with E-state index < -0.39 is 9.84 Å². The molecule has 0 saturated carbocycles. The number of amides is 1. The first kappa shape index (κ1) is 25.0. The zero-order valence-corrected chi connectivity index (χ0v) is 20.9. The van der Waals surface area contributed by atoms with Crippen molar-refractivity contribution in [1.29, 1.82) is 0 Å². The molecule has 1 amide bonds. The molecule has 11 heteroatoms. The molecule has 1 aromatic carbocycles. The number of benzene rings is 1. The van der Waals surface area contributed by atoms with Crippen LogP contribution in [0.15, 0.2) is 29.3 Å². The minimum Gasteiger partial charge on any atom is -0.368 e. The summed E-state index contributed by atoms with van der Waals surface area (Å²) < 4.78 is 23.3. The topological polar surface area (TPSA) is 94.1 Å². The number of sulfone groups is 1. The first-order valence-corrected chi connectivity index (χ1v) is 12.1. The van der Waals surface area contributed by atoms with E-state index in [2.05, 4.69) is 20.5 Å². The highest BCUT2D eigenvalue weighted by Gasteiger charge is 2.28. The van der Waals surface area contributed by atoms with Crippen molar-refractivity contribution >= 4 is 63.0 Å². The quantitative estimate of drug-likeness (QED) is 0.316. The van der Waals surface area contributed by atoms with Gasteiger partial charge in [-0.2, -0.15) is 0 Å². The minimum absolute atomic E-state index is 0. The van der Waals surface area contributed by atoms with Gasteiger partial charge in [0.25, 0.3) is 0 Å². The number of nitrogens with zero attached hydrogens (tertiary/aromatic N) is 3. The molecule has 2 saturated heterocycles. The Balaban J connectivity index is 0.00000320. The van der Waals surface area contributed by atoms with E-state index in [9.17, 15) is 13.2 Å². The second kappa shape index (κ2) is 11.4. The zero-order chi connectivity index (χ0) is 20.9. The Bertz CT molecular complexity index is 842. The fourth-order valence-electron chi connectivity index (χ4n) is 3.53. The van der Waals surface area contributed by atoms with E-state index >= 15 is 0 Å². The van der Waals surface area contributed by atoms with Crippen molar-refractivity contribution < 1.29 is 13.2 Å². The average Bonchev–Trinajstić information content (AvgIpc) is 3.05.